The predicted molar refractivity (Wildman–Crippen MR) is 142 cm³/mol. The van der Waals surface area contributed by atoms with Crippen molar-refractivity contribution in [2.75, 3.05) is 18.5 Å². The van der Waals surface area contributed by atoms with Crippen LogP contribution < -0.4 is 19.9 Å². The zero-order valence-corrected chi connectivity index (χ0v) is 21.3. The summed E-state index contributed by atoms with van der Waals surface area (Å²) in [4.78, 5) is 36.7. The van der Waals surface area contributed by atoms with Gasteiger partial charge in [0.15, 0.2) is 5.78 Å². The minimum absolute atomic E-state index is 0.0229. The molecule has 38 heavy (non-hydrogen) atoms. The molecule has 4 aromatic rings. The Labute approximate surface area is 228 Å². The first-order chi connectivity index (χ1) is 18.3. The first-order valence-electron chi connectivity index (χ1n) is 11.4. The molecular weight excluding hydrogens is 529 g/mol. The lowest BCUT2D eigenvalue weighted by atomic mass is 10.0. The van der Waals surface area contributed by atoms with Crippen molar-refractivity contribution in [1.82, 2.24) is 0 Å². The Morgan fingerprint density at radius 3 is 2.00 bits per heavy atom. The van der Waals surface area contributed by atoms with Gasteiger partial charge in [0.25, 0.3) is 5.91 Å². The Balaban J connectivity index is 1.32. The first-order valence-corrected chi connectivity index (χ1v) is 12.1. The minimum atomic E-state index is -1.49. The molecule has 0 heterocycles. The molecule has 0 atom stereocenters. The van der Waals surface area contributed by atoms with Crippen molar-refractivity contribution >= 4 is 46.5 Å². The van der Waals surface area contributed by atoms with Crippen LogP contribution in [0.1, 0.15) is 36.6 Å². The number of hydrogen-bond donors (Lipinski definition) is 1. The van der Waals surface area contributed by atoms with Gasteiger partial charge in [-0.05, 0) is 60.7 Å². The second-order valence-corrected chi connectivity index (χ2v) is 8.83. The number of hydrogen-bond acceptors (Lipinski definition) is 6. The van der Waals surface area contributed by atoms with Crippen LogP contribution in [0.3, 0.4) is 0 Å². The first kappa shape index (κ1) is 26.7. The number of benzene rings is 4. The van der Waals surface area contributed by atoms with Crippen molar-refractivity contribution < 1.29 is 29.0 Å². The lowest BCUT2D eigenvalue weighted by molar-refractivity contribution is -0.254. The fourth-order valence-electron chi connectivity index (χ4n) is 3.53. The van der Waals surface area contributed by atoms with Gasteiger partial charge in [-0.2, -0.15) is 0 Å². The smallest absolute Gasteiger partial charge is 0.257 e. The minimum Gasteiger partial charge on any atom is -0.545 e. The molecule has 0 saturated heterocycles. The van der Waals surface area contributed by atoms with Gasteiger partial charge < -0.3 is 24.7 Å². The molecule has 9 heteroatoms. The van der Waals surface area contributed by atoms with E-state index in [0.29, 0.717) is 21.9 Å². The molecule has 0 radical (unpaired) electrons. The highest BCUT2D eigenvalue weighted by Crippen LogP contribution is 2.25. The summed E-state index contributed by atoms with van der Waals surface area (Å²) in [5.74, 6) is -1.38. The van der Waals surface area contributed by atoms with Crippen molar-refractivity contribution in [3.63, 3.8) is 0 Å². The number of amides is 1. The number of carbonyl (C=O) groups is 3. The topological polar surface area (TPSA) is 105 Å². The van der Waals surface area contributed by atoms with E-state index >= 15 is 0 Å². The van der Waals surface area contributed by atoms with Gasteiger partial charge in [0, 0.05) is 21.7 Å². The molecule has 4 rings (SSSR count). The number of aromatic carboxylic acids is 1. The van der Waals surface area contributed by atoms with Crippen LogP contribution in [0.25, 0.3) is 0 Å². The third-order valence-corrected chi connectivity index (χ3v) is 5.96. The largest absolute Gasteiger partial charge is 0.545 e. The molecule has 1 N–H and O–H groups in total. The Morgan fingerprint density at radius 1 is 0.711 bits per heavy atom. The molecule has 7 nitrogen and oxygen atoms in total. The van der Waals surface area contributed by atoms with Crippen LogP contribution in [0, 0.1) is 0 Å². The van der Waals surface area contributed by atoms with E-state index < -0.39 is 11.9 Å². The molecule has 0 aromatic heterocycles. The second-order valence-electron chi connectivity index (χ2n) is 7.99. The fraction of sp³-hybridized carbons (Fsp3) is 0.0690. The maximum Gasteiger partial charge on any atom is 0.257 e. The number of ketones is 1. The van der Waals surface area contributed by atoms with Gasteiger partial charge in [0.2, 0.25) is 0 Å². The SMILES string of the molecule is O=C(c1ccccc1)c1ccc(OCCOc2ccc(NC(=O)c3ccc(Cl)cc3Cl)c(C(=O)[O-])c2)cc1. The van der Waals surface area contributed by atoms with Crippen LogP contribution in [-0.2, 0) is 0 Å². The Kier molecular flexibility index (Phi) is 8.63. The Bertz CT molecular complexity index is 1470. The lowest BCUT2D eigenvalue weighted by Gasteiger charge is -2.15. The molecule has 0 unspecified atom stereocenters. The lowest BCUT2D eigenvalue weighted by Crippen LogP contribution is -2.25. The van der Waals surface area contributed by atoms with Gasteiger partial charge in [-0.3, -0.25) is 9.59 Å². The molecule has 0 spiro atoms. The van der Waals surface area contributed by atoms with E-state index in [0.717, 1.165) is 0 Å². The third kappa shape index (κ3) is 6.70. The van der Waals surface area contributed by atoms with E-state index in [4.69, 9.17) is 32.7 Å². The van der Waals surface area contributed by atoms with Crippen molar-refractivity contribution in [2.45, 2.75) is 0 Å². The number of ether oxygens (including phenoxy) is 2. The molecule has 4 aromatic carbocycles. The normalized spacial score (nSPS) is 10.5. The summed E-state index contributed by atoms with van der Waals surface area (Å²) in [6.07, 6.45) is 0. The van der Waals surface area contributed by atoms with Gasteiger partial charge in [-0.25, -0.2) is 0 Å². The molecular formula is C29H20Cl2NO6-. The van der Waals surface area contributed by atoms with Crippen LogP contribution in [0.15, 0.2) is 91.0 Å². The van der Waals surface area contributed by atoms with Gasteiger partial charge in [0.05, 0.1) is 22.2 Å². The molecule has 0 saturated carbocycles. The highest BCUT2D eigenvalue weighted by molar-refractivity contribution is 6.37. The Hall–Kier alpha value is -4.33. The van der Waals surface area contributed by atoms with E-state index in [9.17, 15) is 19.5 Å². The zero-order valence-electron chi connectivity index (χ0n) is 19.8. The molecule has 1 amide bonds. The van der Waals surface area contributed by atoms with E-state index in [1.807, 2.05) is 18.2 Å². The average molecular weight is 549 g/mol. The van der Waals surface area contributed by atoms with E-state index in [2.05, 4.69) is 5.32 Å². The van der Waals surface area contributed by atoms with Gasteiger partial charge in [0.1, 0.15) is 24.7 Å². The predicted octanol–water partition coefficient (Wildman–Crippen LogP) is 5.30. The monoisotopic (exact) mass is 548 g/mol. The summed E-state index contributed by atoms with van der Waals surface area (Å²) in [6, 6.07) is 24.2. The third-order valence-electron chi connectivity index (χ3n) is 5.41. The number of anilines is 1. The molecule has 0 fully saturated rings. The summed E-state index contributed by atoms with van der Waals surface area (Å²) in [7, 11) is 0. The standard InChI is InChI=1S/C29H21Cl2NO6/c30-20-8-12-23(25(31)16-20)28(34)32-26-13-11-22(17-24(26)29(35)36)38-15-14-37-21-9-6-19(7-10-21)27(33)18-4-2-1-3-5-18/h1-13,16-17H,14-15H2,(H,32,34)(H,35,36)/p-1. The van der Waals surface area contributed by atoms with Gasteiger partial charge in [-0.15, -0.1) is 0 Å². The molecule has 0 aliphatic carbocycles. The van der Waals surface area contributed by atoms with Crippen molar-refractivity contribution in [3.8, 4) is 11.5 Å². The highest BCUT2D eigenvalue weighted by atomic mass is 35.5. The van der Waals surface area contributed by atoms with Crippen molar-refractivity contribution in [3.05, 3.63) is 123 Å². The number of nitrogens with one attached hydrogen (secondary N) is 1. The van der Waals surface area contributed by atoms with Crippen LogP contribution in [0.4, 0.5) is 5.69 Å². The molecule has 0 aliphatic heterocycles. The number of carbonyl (C=O) groups excluding carboxylic acids is 3. The van der Waals surface area contributed by atoms with Crippen LogP contribution >= 0.6 is 23.2 Å². The Morgan fingerprint density at radius 2 is 1.34 bits per heavy atom. The van der Waals surface area contributed by atoms with E-state index in [-0.39, 0.29) is 46.6 Å². The average Bonchev–Trinajstić information content (AvgIpc) is 2.92. The van der Waals surface area contributed by atoms with Crippen molar-refractivity contribution in [1.29, 1.82) is 0 Å². The van der Waals surface area contributed by atoms with Gasteiger partial charge in [-0.1, -0.05) is 53.5 Å². The molecule has 0 bridgehead atoms. The zero-order chi connectivity index (χ0) is 27.1. The van der Waals surface area contributed by atoms with Crippen molar-refractivity contribution in [2.24, 2.45) is 0 Å². The fourth-order valence-corrected chi connectivity index (χ4v) is 4.03. The number of rotatable bonds is 10. The molecule has 0 aliphatic rings. The number of carboxylic acids is 1. The van der Waals surface area contributed by atoms with Gasteiger partial charge >= 0.3 is 0 Å². The second kappa shape index (κ2) is 12.3. The maximum absolute atomic E-state index is 12.6. The van der Waals surface area contributed by atoms with Crippen LogP contribution in [-0.4, -0.2) is 30.9 Å². The van der Waals surface area contributed by atoms with E-state index in [1.165, 1.54) is 36.4 Å². The quantitative estimate of drug-likeness (QED) is 0.213. The highest BCUT2D eigenvalue weighted by Gasteiger charge is 2.14. The summed E-state index contributed by atoms with van der Waals surface area (Å²) in [6.45, 7) is 0.281. The summed E-state index contributed by atoms with van der Waals surface area (Å²) in [5.41, 5.74) is 1.04. The molecule has 192 valence electrons. The summed E-state index contributed by atoms with van der Waals surface area (Å²) < 4.78 is 11.2. The maximum atomic E-state index is 12.6. The van der Waals surface area contributed by atoms with Crippen LogP contribution in [0.2, 0.25) is 10.0 Å². The number of halogens is 2. The number of carboxylic acid groups (broad SMARTS) is 1. The summed E-state index contributed by atoms with van der Waals surface area (Å²) in [5, 5.41) is 14.7. The van der Waals surface area contributed by atoms with Crippen LogP contribution in [0.5, 0.6) is 11.5 Å². The van der Waals surface area contributed by atoms with E-state index in [1.54, 1.807) is 36.4 Å². The summed E-state index contributed by atoms with van der Waals surface area (Å²) >= 11 is 11.9.